The van der Waals surface area contributed by atoms with Crippen LogP contribution < -0.4 is 5.30 Å². The molecule has 0 saturated heterocycles. The number of phenols is 2. The first-order chi connectivity index (χ1) is 9.36. The molecule has 2 aromatic carbocycles. The van der Waals surface area contributed by atoms with E-state index in [2.05, 4.69) is 0 Å². The van der Waals surface area contributed by atoms with Crippen molar-refractivity contribution in [2.24, 2.45) is 0 Å². The fourth-order valence-corrected chi connectivity index (χ4v) is 2.84. The molecule has 0 fully saturated rings. The van der Waals surface area contributed by atoms with E-state index in [-0.39, 0.29) is 16.8 Å². The summed E-state index contributed by atoms with van der Waals surface area (Å²) in [5.41, 5.74) is 1.46. The van der Waals surface area contributed by atoms with Crippen molar-refractivity contribution in [1.82, 2.24) is 0 Å². The molecule has 0 unspecified atom stereocenters. The Morgan fingerprint density at radius 1 is 0.850 bits per heavy atom. The van der Waals surface area contributed by atoms with Crippen molar-refractivity contribution in [2.75, 3.05) is 0 Å². The Hall–Kier alpha value is -1.81. The third kappa shape index (κ3) is 3.61. The molecular weight excluding hydrogens is 279 g/mol. The van der Waals surface area contributed by atoms with Crippen molar-refractivity contribution in [2.45, 2.75) is 12.8 Å². The van der Waals surface area contributed by atoms with Crippen molar-refractivity contribution >= 4 is 12.9 Å². The lowest BCUT2D eigenvalue weighted by molar-refractivity contribution is 0.386. The highest BCUT2D eigenvalue weighted by Gasteiger charge is 2.21. The van der Waals surface area contributed by atoms with Gasteiger partial charge in [-0.3, -0.25) is 4.57 Å². The second-order valence-electron chi connectivity index (χ2n) is 4.52. The van der Waals surface area contributed by atoms with Crippen LogP contribution in [0.25, 0.3) is 0 Å². The third-order valence-corrected chi connectivity index (χ3v) is 4.05. The molecule has 106 valence electrons. The predicted molar refractivity (Wildman–Crippen MR) is 75.3 cm³/mol. The molecule has 2 aromatic rings. The van der Waals surface area contributed by atoms with Gasteiger partial charge in [0.1, 0.15) is 11.5 Å². The average molecular weight is 294 g/mol. The predicted octanol–water partition coefficient (Wildman–Crippen LogP) is 1.69. The number of benzene rings is 2. The maximum absolute atomic E-state index is 11.4. The summed E-state index contributed by atoms with van der Waals surface area (Å²) >= 11 is 0. The molecule has 0 aromatic heterocycles. The Morgan fingerprint density at radius 3 is 2.05 bits per heavy atom. The van der Waals surface area contributed by atoms with Gasteiger partial charge < -0.3 is 20.0 Å². The Kier molecular flexibility index (Phi) is 4.14. The zero-order valence-electron chi connectivity index (χ0n) is 10.6. The molecule has 6 heteroatoms. The second-order valence-corrected chi connectivity index (χ2v) is 6.09. The highest BCUT2D eigenvalue weighted by molar-refractivity contribution is 7.60. The molecule has 0 aliphatic heterocycles. The van der Waals surface area contributed by atoms with Crippen LogP contribution in [0.3, 0.4) is 0 Å². The molecule has 0 heterocycles. The van der Waals surface area contributed by atoms with Crippen molar-refractivity contribution in [3.63, 3.8) is 0 Å². The second kappa shape index (κ2) is 5.67. The summed E-state index contributed by atoms with van der Waals surface area (Å²) in [6.07, 6.45) is 1.02. The van der Waals surface area contributed by atoms with Gasteiger partial charge in [-0.1, -0.05) is 18.2 Å². The molecule has 2 rings (SSSR count). The van der Waals surface area contributed by atoms with Crippen LogP contribution in [0, 0.1) is 0 Å². The Balaban J connectivity index is 2.21. The average Bonchev–Trinajstić information content (AvgIpc) is 2.38. The number of rotatable bonds is 4. The van der Waals surface area contributed by atoms with Gasteiger partial charge in [-0.2, -0.15) is 0 Å². The topological polar surface area (TPSA) is 98.0 Å². The summed E-state index contributed by atoms with van der Waals surface area (Å²) in [6.45, 7) is 0. The number of aromatic hydroxyl groups is 2. The van der Waals surface area contributed by atoms with Crippen LogP contribution in [0.15, 0.2) is 42.5 Å². The maximum atomic E-state index is 11.4. The first-order valence-corrected chi connectivity index (χ1v) is 7.63. The van der Waals surface area contributed by atoms with E-state index in [0.717, 1.165) is 11.6 Å². The van der Waals surface area contributed by atoms with Crippen LogP contribution in [0.4, 0.5) is 0 Å². The van der Waals surface area contributed by atoms with Crippen LogP contribution in [0.1, 0.15) is 11.1 Å². The molecule has 0 atom stereocenters. The molecular formula is C14H15O5P. The molecule has 0 aliphatic carbocycles. The normalized spacial score (nSPS) is 11.5. The van der Waals surface area contributed by atoms with Gasteiger partial charge in [0.15, 0.2) is 0 Å². The standard InChI is InChI=1S/C14H15O5P/c15-12-6-2-10(3-7-12)1-4-11-5-8-13(16)9-14(11)20(17,18)19/h2-3,5-9,15-16H,1,4H2,(H2,17,18,19). The molecule has 4 N–H and O–H groups in total. The van der Waals surface area contributed by atoms with Crippen molar-refractivity contribution in [3.05, 3.63) is 53.6 Å². The molecule has 0 saturated carbocycles. The Morgan fingerprint density at radius 2 is 1.45 bits per heavy atom. The van der Waals surface area contributed by atoms with E-state index in [1.165, 1.54) is 12.1 Å². The summed E-state index contributed by atoms with van der Waals surface area (Å²) in [6, 6.07) is 10.7. The summed E-state index contributed by atoms with van der Waals surface area (Å²) in [4.78, 5) is 18.6. The monoisotopic (exact) mass is 294 g/mol. The minimum absolute atomic E-state index is 0.142. The Labute approximate surface area is 116 Å². The van der Waals surface area contributed by atoms with Crippen molar-refractivity contribution < 1.29 is 24.6 Å². The minimum Gasteiger partial charge on any atom is -0.508 e. The molecule has 0 aliphatic rings. The highest BCUT2D eigenvalue weighted by Crippen LogP contribution is 2.36. The van der Waals surface area contributed by atoms with Crippen molar-refractivity contribution in [1.29, 1.82) is 0 Å². The fraction of sp³-hybridized carbons (Fsp3) is 0.143. The molecule has 0 spiro atoms. The van der Waals surface area contributed by atoms with Gasteiger partial charge in [-0.05, 0) is 48.2 Å². The fourth-order valence-electron chi connectivity index (χ4n) is 1.98. The van der Waals surface area contributed by atoms with Gasteiger partial charge in [-0.15, -0.1) is 0 Å². The first kappa shape index (κ1) is 14.6. The van der Waals surface area contributed by atoms with E-state index in [1.54, 1.807) is 24.3 Å². The molecule has 5 nitrogen and oxygen atoms in total. The van der Waals surface area contributed by atoms with E-state index >= 15 is 0 Å². The molecule has 0 amide bonds. The molecule has 20 heavy (non-hydrogen) atoms. The number of hydrogen-bond acceptors (Lipinski definition) is 3. The summed E-state index contributed by atoms with van der Waals surface area (Å²) < 4.78 is 11.4. The van der Waals surface area contributed by atoms with Gasteiger partial charge in [0.25, 0.3) is 0 Å². The number of phenolic OH excluding ortho intramolecular Hbond substituents is 2. The lowest BCUT2D eigenvalue weighted by Crippen LogP contribution is -2.11. The summed E-state index contributed by atoms with van der Waals surface area (Å²) in [5.74, 6) is 0.00555. The summed E-state index contributed by atoms with van der Waals surface area (Å²) in [7, 11) is -4.41. The van der Waals surface area contributed by atoms with E-state index < -0.39 is 7.60 Å². The van der Waals surface area contributed by atoms with Crippen LogP contribution in [0.2, 0.25) is 0 Å². The van der Waals surface area contributed by atoms with Gasteiger partial charge in [0, 0.05) is 0 Å². The smallest absolute Gasteiger partial charge is 0.356 e. The zero-order valence-corrected chi connectivity index (χ0v) is 11.5. The number of hydrogen-bond donors (Lipinski definition) is 4. The first-order valence-electron chi connectivity index (χ1n) is 6.02. The third-order valence-electron chi connectivity index (χ3n) is 3.00. The zero-order chi connectivity index (χ0) is 14.8. The lowest BCUT2D eigenvalue weighted by atomic mass is 10.0. The van der Waals surface area contributed by atoms with Crippen LogP contribution >= 0.6 is 7.60 Å². The number of aryl methyl sites for hydroxylation is 2. The minimum atomic E-state index is -4.41. The van der Waals surface area contributed by atoms with E-state index in [4.69, 9.17) is 0 Å². The largest absolute Gasteiger partial charge is 0.508 e. The van der Waals surface area contributed by atoms with Gasteiger partial charge in [0.2, 0.25) is 0 Å². The highest BCUT2D eigenvalue weighted by atomic mass is 31.2. The van der Waals surface area contributed by atoms with Crippen LogP contribution in [-0.2, 0) is 17.4 Å². The van der Waals surface area contributed by atoms with E-state index in [1.807, 2.05) is 0 Å². The van der Waals surface area contributed by atoms with Gasteiger partial charge in [-0.25, -0.2) is 0 Å². The van der Waals surface area contributed by atoms with E-state index in [9.17, 15) is 24.6 Å². The van der Waals surface area contributed by atoms with E-state index in [0.29, 0.717) is 18.4 Å². The lowest BCUT2D eigenvalue weighted by Gasteiger charge is -2.11. The Bertz CT molecular complexity index is 645. The molecule has 0 bridgehead atoms. The van der Waals surface area contributed by atoms with Crippen molar-refractivity contribution in [3.8, 4) is 11.5 Å². The van der Waals surface area contributed by atoms with Gasteiger partial charge in [0.05, 0.1) is 5.30 Å². The summed E-state index contributed by atoms with van der Waals surface area (Å²) in [5, 5.41) is 18.4. The van der Waals surface area contributed by atoms with Gasteiger partial charge >= 0.3 is 7.60 Å². The molecule has 0 radical (unpaired) electrons. The maximum Gasteiger partial charge on any atom is 0.356 e. The van der Waals surface area contributed by atoms with Crippen LogP contribution in [0.5, 0.6) is 11.5 Å². The van der Waals surface area contributed by atoms with Crippen LogP contribution in [-0.4, -0.2) is 20.0 Å². The quantitative estimate of drug-likeness (QED) is 0.643. The SMILES string of the molecule is O=P(O)(O)c1cc(O)ccc1CCc1ccc(O)cc1.